The van der Waals surface area contributed by atoms with Crippen LogP contribution in [-0.2, 0) is 6.42 Å². The largest absolute Gasteiger partial charge is 0.495 e. The topological polar surface area (TPSA) is 70.6 Å². The normalized spacial score (nSPS) is 13.7. The van der Waals surface area contributed by atoms with Crippen LogP contribution in [0.5, 0.6) is 5.75 Å². The molecule has 7 nitrogen and oxygen atoms in total. The summed E-state index contributed by atoms with van der Waals surface area (Å²) < 4.78 is 5.34. The summed E-state index contributed by atoms with van der Waals surface area (Å²) in [6, 6.07) is 15.6. The molecule has 1 fully saturated rings. The highest BCUT2D eigenvalue weighted by Gasteiger charge is 2.25. The van der Waals surface area contributed by atoms with Crippen LogP contribution in [0.1, 0.15) is 23.7 Å². The predicted molar refractivity (Wildman–Crippen MR) is 132 cm³/mol. The Kier molecular flexibility index (Phi) is 6.77. The van der Waals surface area contributed by atoms with Crippen molar-refractivity contribution in [3.63, 3.8) is 0 Å². The summed E-state index contributed by atoms with van der Waals surface area (Å²) in [5, 5.41) is 2.97. The Bertz CT molecular complexity index is 1140. The number of aromatic nitrogens is 2. The first-order valence-corrected chi connectivity index (χ1v) is 11.4. The molecule has 0 spiro atoms. The van der Waals surface area contributed by atoms with Gasteiger partial charge in [0, 0.05) is 43.0 Å². The molecule has 1 aromatic heterocycles. The van der Waals surface area contributed by atoms with E-state index in [-0.39, 0.29) is 6.03 Å². The number of urea groups is 1. The first-order chi connectivity index (χ1) is 16.0. The summed E-state index contributed by atoms with van der Waals surface area (Å²) >= 11 is 0. The average molecular weight is 446 g/mol. The van der Waals surface area contributed by atoms with Crippen LogP contribution in [0.25, 0.3) is 11.4 Å². The second-order valence-electron chi connectivity index (χ2n) is 8.26. The smallest absolute Gasteiger partial charge is 0.322 e. The standard InChI is InChI=1S/C26H31N5O2/c1-5-21-19(3)27-24(20-10-8-9-18(2)17-20)29-25(21)30-13-15-31(16-14-30)26(32)28-22-11-6-7-12-23(22)33-4/h6-12,17H,5,13-16H2,1-4H3,(H,28,32). The van der Waals surface area contributed by atoms with E-state index in [1.165, 1.54) is 11.1 Å². The number of benzene rings is 2. The Labute approximate surface area is 195 Å². The molecule has 172 valence electrons. The number of carbonyl (C=O) groups is 1. The first kappa shape index (κ1) is 22.6. The zero-order valence-electron chi connectivity index (χ0n) is 19.8. The van der Waals surface area contributed by atoms with E-state index in [2.05, 4.69) is 49.2 Å². The monoisotopic (exact) mass is 445 g/mol. The molecule has 7 heteroatoms. The molecule has 33 heavy (non-hydrogen) atoms. The fraction of sp³-hybridized carbons (Fsp3) is 0.346. The molecule has 1 saturated heterocycles. The van der Waals surface area contributed by atoms with Crippen molar-refractivity contribution in [2.75, 3.05) is 43.5 Å². The van der Waals surface area contributed by atoms with Crippen molar-refractivity contribution >= 4 is 17.5 Å². The molecular weight excluding hydrogens is 414 g/mol. The minimum atomic E-state index is -0.116. The second kappa shape index (κ2) is 9.90. The fourth-order valence-electron chi connectivity index (χ4n) is 4.23. The van der Waals surface area contributed by atoms with Gasteiger partial charge in [-0.15, -0.1) is 0 Å². The molecule has 0 atom stereocenters. The van der Waals surface area contributed by atoms with Crippen LogP contribution in [0, 0.1) is 13.8 Å². The Hall–Kier alpha value is -3.61. The maximum Gasteiger partial charge on any atom is 0.322 e. The predicted octanol–water partition coefficient (Wildman–Crippen LogP) is 4.69. The third kappa shape index (κ3) is 4.92. The van der Waals surface area contributed by atoms with Gasteiger partial charge >= 0.3 is 6.03 Å². The SMILES string of the molecule is CCc1c(C)nc(-c2cccc(C)c2)nc1N1CCN(C(=O)Nc2ccccc2OC)CC1. The van der Waals surface area contributed by atoms with E-state index in [1.807, 2.05) is 35.2 Å². The van der Waals surface area contributed by atoms with Crippen molar-refractivity contribution in [2.45, 2.75) is 27.2 Å². The van der Waals surface area contributed by atoms with Crippen molar-refractivity contribution in [3.05, 3.63) is 65.4 Å². The number of rotatable bonds is 5. The molecule has 1 aliphatic rings. The highest BCUT2D eigenvalue weighted by atomic mass is 16.5. The molecule has 0 radical (unpaired) electrons. The van der Waals surface area contributed by atoms with Gasteiger partial charge in [0.05, 0.1) is 12.8 Å². The molecular formula is C26H31N5O2. The van der Waals surface area contributed by atoms with E-state index < -0.39 is 0 Å². The lowest BCUT2D eigenvalue weighted by Crippen LogP contribution is -2.50. The van der Waals surface area contributed by atoms with Gasteiger partial charge in [-0.3, -0.25) is 0 Å². The van der Waals surface area contributed by atoms with Crippen LogP contribution in [0.2, 0.25) is 0 Å². The van der Waals surface area contributed by atoms with E-state index in [0.717, 1.165) is 42.4 Å². The van der Waals surface area contributed by atoms with Gasteiger partial charge in [-0.25, -0.2) is 14.8 Å². The van der Waals surface area contributed by atoms with Gasteiger partial charge < -0.3 is 19.9 Å². The number of methoxy groups -OCH3 is 1. The van der Waals surface area contributed by atoms with E-state index in [1.54, 1.807) is 7.11 Å². The number of para-hydroxylation sites is 2. The van der Waals surface area contributed by atoms with Gasteiger partial charge in [0.15, 0.2) is 5.82 Å². The number of piperazine rings is 1. The minimum absolute atomic E-state index is 0.116. The highest BCUT2D eigenvalue weighted by Crippen LogP contribution is 2.28. The lowest BCUT2D eigenvalue weighted by atomic mass is 10.1. The summed E-state index contributed by atoms with van der Waals surface area (Å²) in [6.07, 6.45) is 0.865. The first-order valence-electron chi connectivity index (χ1n) is 11.4. The number of hydrogen-bond acceptors (Lipinski definition) is 5. The molecule has 1 N–H and O–H groups in total. The lowest BCUT2D eigenvalue weighted by Gasteiger charge is -2.36. The zero-order valence-corrected chi connectivity index (χ0v) is 19.8. The second-order valence-corrected chi connectivity index (χ2v) is 8.26. The summed E-state index contributed by atoms with van der Waals surface area (Å²) in [7, 11) is 1.60. The maximum absolute atomic E-state index is 12.8. The molecule has 1 aliphatic heterocycles. The molecule has 2 heterocycles. The number of amides is 2. The van der Waals surface area contributed by atoms with Gasteiger partial charge in [0.1, 0.15) is 11.6 Å². The van der Waals surface area contributed by atoms with Crippen LogP contribution in [-0.4, -0.2) is 54.2 Å². The highest BCUT2D eigenvalue weighted by molar-refractivity contribution is 5.91. The summed E-state index contributed by atoms with van der Waals surface area (Å²) in [5.41, 5.74) is 5.06. The Morgan fingerprint density at radius 1 is 1.03 bits per heavy atom. The molecule has 0 unspecified atom stereocenters. The quantitative estimate of drug-likeness (QED) is 0.617. The Morgan fingerprint density at radius 2 is 1.79 bits per heavy atom. The number of ether oxygens (including phenoxy) is 1. The Morgan fingerprint density at radius 3 is 2.48 bits per heavy atom. The number of anilines is 2. The third-order valence-corrected chi connectivity index (χ3v) is 6.04. The van der Waals surface area contributed by atoms with E-state index in [0.29, 0.717) is 24.5 Å². The lowest BCUT2D eigenvalue weighted by molar-refractivity contribution is 0.208. The van der Waals surface area contributed by atoms with Gasteiger partial charge in [-0.05, 0) is 38.5 Å². The van der Waals surface area contributed by atoms with Crippen LogP contribution in [0.4, 0.5) is 16.3 Å². The fourth-order valence-corrected chi connectivity index (χ4v) is 4.23. The summed E-state index contributed by atoms with van der Waals surface area (Å²) in [5.74, 6) is 2.38. The van der Waals surface area contributed by atoms with Gasteiger partial charge in [-0.2, -0.15) is 0 Å². The molecule has 4 rings (SSSR count). The molecule has 0 aliphatic carbocycles. The van der Waals surface area contributed by atoms with Crippen molar-refractivity contribution in [3.8, 4) is 17.1 Å². The van der Waals surface area contributed by atoms with Crippen molar-refractivity contribution in [1.29, 1.82) is 0 Å². The van der Waals surface area contributed by atoms with Crippen molar-refractivity contribution < 1.29 is 9.53 Å². The van der Waals surface area contributed by atoms with Crippen LogP contribution in [0.15, 0.2) is 48.5 Å². The number of aryl methyl sites for hydroxylation is 2. The third-order valence-electron chi connectivity index (χ3n) is 6.04. The Balaban J connectivity index is 1.50. The van der Waals surface area contributed by atoms with Crippen LogP contribution in [0.3, 0.4) is 0 Å². The molecule has 2 amide bonds. The van der Waals surface area contributed by atoms with E-state index >= 15 is 0 Å². The molecule has 0 saturated carbocycles. The summed E-state index contributed by atoms with van der Waals surface area (Å²) in [6.45, 7) is 8.94. The minimum Gasteiger partial charge on any atom is -0.495 e. The number of nitrogens with zero attached hydrogens (tertiary/aromatic N) is 4. The molecule has 3 aromatic rings. The van der Waals surface area contributed by atoms with E-state index in [9.17, 15) is 4.79 Å². The van der Waals surface area contributed by atoms with Gasteiger partial charge in [0.25, 0.3) is 0 Å². The zero-order chi connectivity index (χ0) is 23.4. The van der Waals surface area contributed by atoms with Crippen LogP contribution < -0.4 is 15.0 Å². The molecule has 2 aromatic carbocycles. The van der Waals surface area contributed by atoms with E-state index in [4.69, 9.17) is 14.7 Å². The summed E-state index contributed by atoms with van der Waals surface area (Å²) in [4.78, 5) is 26.7. The van der Waals surface area contributed by atoms with Gasteiger partial charge in [0.2, 0.25) is 0 Å². The van der Waals surface area contributed by atoms with Crippen LogP contribution >= 0.6 is 0 Å². The number of carbonyl (C=O) groups excluding carboxylic acids is 1. The number of hydrogen-bond donors (Lipinski definition) is 1. The van der Waals surface area contributed by atoms with Crippen molar-refractivity contribution in [1.82, 2.24) is 14.9 Å². The van der Waals surface area contributed by atoms with Gasteiger partial charge in [-0.1, -0.05) is 42.8 Å². The molecule has 0 bridgehead atoms. The van der Waals surface area contributed by atoms with Crippen molar-refractivity contribution in [2.24, 2.45) is 0 Å². The number of nitrogens with one attached hydrogen (secondary N) is 1. The average Bonchev–Trinajstić information content (AvgIpc) is 2.84. The maximum atomic E-state index is 12.8.